The number of carbonyl (C=O) groups is 1. The average Bonchev–Trinajstić information content (AvgIpc) is 2.85. The third-order valence-electron chi connectivity index (χ3n) is 3.24. The van der Waals surface area contributed by atoms with Gasteiger partial charge in [0.2, 0.25) is 11.8 Å². The average molecular weight is 278 g/mol. The van der Waals surface area contributed by atoms with Gasteiger partial charge in [-0.25, -0.2) is 0 Å². The van der Waals surface area contributed by atoms with E-state index in [9.17, 15) is 4.79 Å². The fraction of sp³-hybridized carbons (Fsp3) is 0.571. The molecule has 20 heavy (non-hydrogen) atoms. The summed E-state index contributed by atoms with van der Waals surface area (Å²) in [6.07, 6.45) is 1.84. The number of anilines is 2. The summed E-state index contributed by atoms with van der Waals surface area (Å²) in [4.78, 5) is 17.7. The molecule has 1 amide bonds. The van der Waals surface area contributed by atoms with Crippen LogP contribution in [0.2, 0.25) is 0 Å². The minimum Gasteiger partial charge on any atom is -0.476 e. The summed E-state index contributed by atoms with van der Waals surface area (Å²) < 4.78 is 5.55. The molecule has 3 N–H and O–H groups in total. The van der Waals surface area contributed by atoms with E-state index in [0.717, 1.165) is 31.7 Å². The summed E-state index contributed by atoms with van der Waals surface area (Å²) in [5.41, 5.74) is 6.41. The van der Waals surface area contributed by atoms with Gasteiger partial charge >= 0.3 is 0 Å². The van der Waals surface area contributed by atoms with Crippen molar-refractivity contribution < 1.29 is 9.53 Å². The second-order valence-corrected chi connectivity index (χ2v) is 5.04. The fourth-order valence-corrected chi connectivity index (χ4v) is 2.31. The van der Waals surface area contributed by atoms with Gasteiger partial charge in [-0.3, -0.25) is 4.79 Å². The summed E-state index contributed by atoms with van der Waals surface area (Å²) in [5.74, 6) is 1.35. The molecule has 0 saturated carbocycles. The summed E-state index contributed by atoms with van der Waals surface area (Å²) in [6.45, 7) is 5.83. The number of rotatable bonds is 5. The maximum Gasteiger partial charge on any atom is 0.239 e. The van der Waals surface area contributed by atoms with E-state index < -0.39 is 0 Å². The Morgan fingerprint density at radius 2 is 2.40 bits per heavy atom. The Kier molecular flexibility index (Phi) is 4.65. The van der Waals surface area contributed by atoms with Crippen LogP contribution in [-0.2, 0) is 4.79 Å². The summed E-state index contributed by atoms with van der Waals surface area (Å²) in [5, 5.41) is 2.94. The number of nitrogens with one attached hydrogen (secondary N) is 1. The molecule has 0 aliphatic carbocycles. The van der Waals surface area contributed by atoms with E-state index >= 15 is 0 Å². The zero-order chi connectivity index (χ0) is 14.5. The van der Waals surface area contributed by atoms with Gasteiger partial charge in [-0.05, 0) is 25.0 Å². The van der Waals surface area contributed by atoms with Gasteiger partial charge in [0.1, 0.15) is 5.82 Å². The molecule has 1 aromatic rings. The lowest BCUT2D eigenvalue weighted by Gasteiger charge is -2.19. The number of nitrogens with zero attached hydrogens (tertiary/aromatic N) is 2. The first-order valence-electron chi connectivity index (χ1n) is 7.01. The van der Waals surface area contributed by atoms with Crippen LogP contribution < -0.4 is 20.7 Å². The van der Waals surface area contributed by atoms with Crippen molar-refractivity contribution in [1.82, 2.24) is 10.3 Å². The normalized spacial score (nSPS) is 18.1. The van der Waals surface area contributed by atoms with E-state index in [-0.39, 0.29) is 11.9 Å². The van der Waals surface area contributed by atoms with Gasteiger partial charge in [-0.1, -0.05) is 6.92 Å². The Morgan fingerprint density at radius 3 is 3.10 bits per heavy atom. The van der Waals surface area contributed by atoms with Crippen molar-refractivity contribution in [1.29, 1.82) is 0 Å². The quantitative estimate of drug-likeness (QED) is 0.845. The van der Waals surface area contributed by atoms with Gasteiger partial charge in [-0.2, -0.15) is 4.98 Å². The second-order valence-electron chi connectivity index (χ2n) is 5.04. The lowest BCUT2D eigenvalue weighted by Crippen LogP contribution is -2.35. The van der Waals surface area contributed by atoms with E-state index in [4.69, 9.17) is 10.5 Å². The number of ether oxygens (including phenoxy) is 1. The predicted octanol–water partition coefficient (Wildman–Crippen LogP) is 1.17. The second kappa shape index (κ2) is 6.45. The van der Waals surface area contributed by atoms with Gasteiger partial charge < -0.3 is 20.7 Å². The van der Waals surface area contributed by atoms with E-state index in [2.05, 4.69) is 15.2 Å². The molecule has 6 nitrogen and oxygen atoms in total. The molecule has 1 aliphatic rings. The minimum atomic E-state index is 0.00841. The Bertz CT molecular complexity index is 478. The molecule has 6 heteroatoms. The van der Waals surface area contributed by atoms with Crippen molar-refractivity contribution >= 4 is 17.4 Å². The molecular weight excluding hydrogens is 256 g/mol. The molecule has 1 aromatic heterocycles. The number of nitrogens with two attached hydrogens (primary N) is 1. The van der Waals surface area contributed by atoms with Crippen LogP contribution in [0.5, 0.6) is 5.88 Å². The number of nitrogen functional groups attached to an aromatic ring is 1. The van der Waals surface area contributed by atoms with Gasteiger partial charge in [0.15, 0.2) is 0 Å². The number of hydrogen-bond acceptors (Lipinski definition) is 5. The van der Waals surface area contributed by atoms with Crippen LogP contribution >= 0.6 is 0 Å². The Balaban J connectivity index is 2.04. The van der Waals surface area contributed by atoms with E-state index in [0.29, 0.717) is 18.2 Å². The Hall–Kier alpha value is -1.98. The van der Waals surface area contributed by atoms with Crippen molar-refractivity contribution in [3.63, 3.8) is 0 Å². The smallest absolute Gasteiger partial charge is 0.239 e. The first-order chi connectivity index (χ1) is 9.60. The van der Waals surface area contributed by atoms with Gasteiger partial charge in [0, 0.05) is 26.1 Å². The molecule has 1 aliphatic heterocycles. The highest BCUT2D eigenvalue weighted by Gasteiger charge is 2.24. The van der Waals surface area contributed by atoms with Crippen molar-refractivity contribution in [2.75, 3.05) is 30.3 Å². The van der Waals surface area contributed by atoms with E-state index in [1.54, 1.807) is 6.92 Å². The van der Waals surface area contributed by atoms with Crippen molar-refractivity contribution in [2.24, 2.45) is 0 Å². The maximum absolute atomic E-state index is 11.1. The highest BCUT2D eigenvalue weighted by atomic mass is 16.5. The summed E-state index contributed by atoms with van der Waals surface area (Å²) in [6, 6.07) is 3.90. The molecular formula is C14H22N4O2. The Labute approximate surface area is 119 Å². The van der Waals surface area contributed by atoms with Gasteiger partial charge in [0.25, 0.3) is 0 Å². The topological polar surface area (TPSA) is 80.5 Å². The van der Waals surface area contributed by atoms with E-state index in [1.807, 2.05) is 19.1 Å². The van der Waals surface area contributed by atoms with Crippen LogP contribution in [0.25, 0.3) is 0 Å². The van der Waals surface area contributed by atoms with Crippen LogP contribution in [0.3, 0.4) is 0 Å². The first kappa shape index (κ1) is 14.4. The van der Waals surface area contributed by atoms with E-state index in [1.165, 1.54) is 0 Å². The van der Waals surface area contributed by atoms with Crippen LogP contribution in [0.1, 0.15) is 26.7 Å². The predicted molar refractivity (Wildman–Crippen MR) is 78.9 cm³/mol. The zero-order valence-electron chi connectivity index (χ0n) is 12.1. The van der Waals surface area contributed by atoms with Crippen molar-refractivity contribution in [2.45, 2.75) is 32.7 Å². The van der Waals surface area contributed by atoms with Gasteiger partial charge in [-0.15, -0.1) is 0 Å². The van der Waals surface area contributed by atoms with Crippen molar-refractivity contribution in [3.05, 3.63) is 12.1 Å². The molecule has 1 saturated heterocycles. The van der Waals surface area contributed by atoms with Gasteiger partial charge in [0.05, 0.1) is 12.3 Å². The monoisotopic (exact) mass is 278 g/mol. The standard InChI is InChI=1S/C14H22N4O2/c1-3-8-20-14-12(15)4-5-13(17-14)18-7-6-11(9-18)16-10(2)19/h4-5,11H,3,6-9,15H2,1-2H3,(H,16,19). The lowest BCUT2D eigenvalue weighted by atomic mass is 10.2. The summed E-state index contributed by atoms with van der Waals surface area (Å²) >= 11 is 0. The molecule has 0 aromatic carbocycles. The highest BCUT2D eigenvalue weighted by Crippen LogP contribution is 2.25. The summed E-state index contributed by atoms with van der Waals surface area (Å²) in [7, 11) is 0. The largest absolute Gasteiger partial charge is 0.476 e. The maximum atomic E-state index is 11.1. The number of hydrogen-bond donors (Lipinski definition) is 2. The lowest BCUT2D eigenvalue weighted by molar-refractivity contribution is -0.119. The number of carbonyl (C=O) groups excluding carboxylic acids is 1. The SMILES string of the molecule is CCCOc1nc(N2CCC(NC(C)=O)C2)ccc1N. The molecule has 2 heterocycles. The van der Waals surface area contributed by atoms with Crippen LogP contribution in [0.4, 0.5) is 11.5 Å². The molecule has 1 unspecified atom stereocenters. The molecule has 1 fully saturated rings. The fourth-order valence-electron chi connectivity index (χ4n) is 2.31. The molecule has 0 spiro atoms. The van der Waals surface area contributed by atoms with Crippen LogP contribution in [0.15, 0.2) is 12.1 Å². The third kappa shape index (κ3) is 3.53. The van der Waals surface area contributed by atoms with Crippen LogP contribution in [0, 0.1) is 0 Å². The number of pyridine rings is 1. The molecule has 110 valence electrons. The molecule has 0 radical (unpaired) electrons. The molecule has 2 rings (SSSR count). The Morgan fingerprint density at radius 1 is 1.60 bits per heavy atom. The number of amides is 1. The van der Waals surface area contributed by atoms with Crippen molar-refractivity contribution in [3.8, 4) is 5.88 Å². The highest BCUT2D eigenvalue weighted by molar-refractivity contribution is 5.73. The molecule has 0 bridgehead atoms. The minimum absolute atomic E-state index is 0.00841. The third-order valence-corrected chi connectivity index (χ3v) is 3.24. The zero-order valence-corrected chi connectivity index (χ0v) is 12.1. The first-order valence-corrected chi connectivity index (χ1v) is 7.01. The van der Waals surface area contributed by atoms with Crippen LogP contribution in [-0.4, -0.2) is 36.6 Å². The number of aromatic nitrogens is 1. The molecule has 1 atom stereocenters.